The Labute approximate surface area is 175 Å². The van der Waals surface area contributed by atoms with Crippen molar-refractivity contribution in [3.63, 3.8) is 0 Å². The summed E-state index contributed by atoms with van der Waals surface area (Å²) in [4.78, 5) is 25.9. The molecule has 3 rings (SSSR count). The average molecular weight is 410 g/mol. The van der Waals surface area contributed by atoms with E-state index >= 15 is 0 Å². The zero-order valence-electron chi connectivity index (χ0n) is 16.6. The predicted molar refractivity (Wildman–Crippen MR) is 111 cm³/mol. The number of aromatic carboxylic acids is 1. The van der Waals surface area contributed by atoms with E-state index in [1.165, 1.54) is 11.0 Å². The molecular formula is C21H23BN2O6. The number of rotatable bonds is 6. The van der Waals surface area contributed by atoms with Crippen molar-refractivity contribution in [1.29, 1.82) is 0 Å². The van der Waals surface area contributed by atoms with E-state index < -0.39 is 19.1 Å². The minimum atomic E-state index is -1.21. The van der Waals surface area contributed by atoms with E-state index in [0.717, 1.165) is 0 Å². The van der Waals surface area contributed by atoms with Crippen LogP contribution >= 0.6 is 0 Å². The number of fused-ring (bicyclic) bond motifs is 1. The highest BCUT2D eigenvalue weighted by molar-refractivity contribution is 6.44. The summed E-state index contributed by atoms with van der Waals surface area (Å²) in [5, 5.41) is 19.4. The molecule has 8 nitrogen and oxygen atoms in total. The van der Waals surface area contributed by atoms with Crippen LogP contribution in [0.25, 0.3) is 0 Å². The van der Waals surface area contributed by atoms with Gasteiger partial charge in [0.05, 0.1) is 13.1 Å². The molecule has 9 heteroatoms. The van der Waals surface area contributed by atoms with Crippen molar-refractivity contribution >= 4 is 19.0 Å². The standard InChI is InChI=1S/C21H23BN2O6/c1-3-5-13(6-4-2)18(23)20(25)24-11-15(12-24)29-16-8-7-14-9-10-22(28)30-19(14)17(16)21(26)27/h1,4-8,15,18,28H,9-12,23H2,2H3,(H,26,27)/b6-4-,13-5+/t18-/m1/s1. The summed E-state index contributed by atoms with van der Waals surface area (Å²) in [6.45, 7) is 2.34. The molecule has 0 spiro atoms. The van der Waals surface area contributed by atoms with Gasteiger partial charge in [-0.25, -0.2) is 4.79 Å². The van der Waals surface area contributed by atoms with Gasteiger partial charge in [0.25, 0.3) is 0 Å². The van der Waals surface area contributed by atoms with E-state index in [4.69, 9.17) is 21.5 Å². The Bertz CT molecular complexity index is 946. The van der Waals surface area contributed by atoms with Crippen molar-refractivity contribution < 1.29 is 29.1 Å². The molecule has 0 unspecified atom stereocenters. The van der Waals surface area contributed by atoms with Gasteiger partial charge in [-0.05, 0) is 42.9 Å². The van der Waals surface area contributed by atoms with E-state index in [9.17, 15) is 19.7 Å². The first-order valence-electron chi connectivity index (χ1n) is 9.59. The maximum atomic E-state index is 12.6. The van der Waals surface area contributed by atoms with Crippen LogP contribution < -0.4 is 15.1 Å². The second kappa shape index (κ2) is 9.07. The van der Waals surface area contributed by atoms with Gasteiger partial charge in [-0.15, -0.1) is 6.42 Å². The molecule has 0 aliphatic carbocycles. The Hall–Kier alpha value is -3.22. The summed E-state index contributed by atoms with van der Waals surface area (Å²) in [6, 6.07) is 2.43. The number of carboxylic acids is 1. The number of ether oxygens (including phenoxy) is 1. The molecular weight excluding hydrogens is 387 g/mol. The van der Waals surface area contributed by atoms with E-state index in [2.05, 4.69) is 5.92 Å². The van der Waals surface area contributed by atoms with Crippen molar-refractivity contribution in [2.45, 2.75) is 31.8 Å². The number of carbonyl (C=O) groups excluding carboxylic acids is 1. The summed E-state index contributed by atoms with van der Waals surface area (Å²) < 4.78 is 11.2. The highest BCUT2D eigenvalue weighted by Gasteiger charge is 2.37. The van der Waals surface area contributed by atoms with Crippen LogP contribution in [-0.2, 0) is 11.2 Å². The van der Waals surface area contributed by atoms with Crippen LogP contribution in [0.15, 0.2) is 35.9 Å². The molecule has 2 heterocycles. The molecule has 156 valence electrons. The highest BCUT2D eigenvalue weighted by atomic mass is 16.5. The lowest BCUT2D eigenvalue weighted by atomic mass is 9.78. The zero-order chi connectivity index (χ0) is 21.8. The van der Waals surface area contributed by atoms with Gasteiger partial charge in [0.15, 0.2) is 0 Å². The van der Waals surface area contributed by atoms with E-state index in [-0.39, 0.29) is 42.2 Å². The van der Waals surface area contributed by atoms with Gasteiger partial charge in [-0.1, -0.05) is 24.1 Å². The lowest BCUT2D eigenvalue weighted by Gasteiger charge is -2.40. The van der Waals surface area contributed by atoms with Crippen LogP contribution in [0.2, 0.25) is 6.32 Å². The summed E-state index contributed by atoms with van der Waals surface area (Å²) in [7, 11) is -1.05. The minimum Gasteiger partial charge on any atom is -0.535 e. The van der Waals surface area contributed by atoms with Crippen molar-refractivity contribution in [2.24, 2.45) is 5.73 Å². The minimum absolute atomic E-state index is 0.125. The number of aryl methyl sites for hydroxylation is 1. The summed E-state index contributed by atoms with van der Waals surface area (Å²) in [5.74, 6) is 1.15. The molecule has 1 saturated heterocycles. The first-order chi connectivity index (χ1) is 14.3. The molecule has 30 heavy (non-hydrogen) atoms. The molecule has 2 aliphatic heterocycles. The van der Waals surface area contributed by atoms with E-state index in [1.54, 1.807) is 31.2 Å². The zero-order valence-corrected chi connectivity index (χ0v) is 16.6. The van der Waals surface area contributed by atoms with Gasteiger partial charge in [0.2, 0.25) is 5.91 Å². The second-order valence-corrected chi connectivity index (χ2v) is 7.12. The lowest BCUT2D eigenvalue weighted by Crippen LogP contribution is -2.60. The van der Waals surface area contributed by atoms with E-state index in [1.807, 2.05) is 0 Å². The first kappa shape index (κ1) is 21.5. The smallest absolute Gasteiger partial charge is 0.522 e. The number of carboxylic acid groups (broad SMARTS) is 1. The fourth-order valence-electron chi connectivity index (χ4n) is 3.46. The Morgan fingerprint density at radius 2 is 2.20 bits per heavy atom. The Kier molecular flexibility index (Phi) is 6.50. The topological polar surface area (TPSA) is 122 Å². The third-order valence-corrected chi connectivity index (χ3v) is 5.02. The number of likely N-dealkylation sites (tertiary alicyclic amines) is 1. The Balaban J connectivity index is 1.69. The second-order valence-electron chi connectivity index (χ2n) is 7.12. The average Bonchev–Trinajstić information content (AvgIpc) is 2.68. The van der Waals surface area contributed by atoms with Crippen LogP contribution in [0.3, 0.4) is 0 Å². The molecule has 0 aromatic heterocycles. The lowest BCUT2D eigenvalue weighted by molar-refractivity contribution is -0.140. The Morgan fingerprint density at radius 3 is 2.83 bits per heavy atom. The van der Waals surface area contributed by atoms with Gasteiger partial charge in [0, 0.05) is 0 Å². The summed E-state index contributed by atoms with van der Waals surface area (Å²) in [5.41, 5.74) is 7.15. The number of benzene rings is 1. The SMILES string of the molecule is C#C/C=C(\C=C/C)[C@@H](N)C(=O)N1CC(Oc2ccc3c(c2C(=O)O)OB(O)CC3)C1. The fraction of sp³-hybridized carbons (Fsp3) is 0.333. The normalized spacial score (nSPS) is 17.6. The number of nitrogens with zero attached hydrogens (tertiary/aromatic N) is 1. The molecule has 1 fully saturated rings. The maximum Gasteiger partial charge on any atom is 0.522 e. The number of hydrogen-bond acceptors (Lipinski definition) is 6. The number of amides is 1. The van der Waals surface area contributed by atoms with Gasteiger partial charge in [-0.2, -0.15) is 0 Å². The van der Waals surface area contributed by atoms with Crippen molar-refractivity contribution in [3.05, 3.63) is 47.1 Å². The van der Waals surface area contributed by atoms with Crippen LogP contribution in [0.4, 0.5) is 0 Å². The van der Waals surface area contributed by atoms with Gasteiger partial charge >= 0.3 is 13.1 Å². The number of hydrogen-bond donors (Lipinski definition) is 3. The van der Waals surface area contributed by atoms with Crippen molar-refractivity contribution in [2.75, 3.05) is 13.1 Å². The van der Waals surface area contributed by atoms with Crippen LogP contribution in [-0.4, -0.2) is 59.3 Å². The van der Waals surface area contributed by atoms with Crippen molar-refractivity contribution in [1.82, 2.24) is 4.90 Å². The number of nitrogens with two attached hydrogens (primary N) is 1. The van der Waals surface area contributed by atoms with Crippen LogP contribution in [0, 0.1) is 12.3 Å². The van der Waals surface area contributed by atoms with Gasteiger partial charge in [-0.3, -0.25) is 4.79 Å². The quantitative estimate of drug-likeness (QED) is 0.361. The maximum absolute atomic E-state index is 12.6. The fourth-order valence-corrected chi connectivity index (χ4v) is 3.46. The number of terminal acetylenes is 1. The molecule has 1 aromatic carbocycles. The highest BCUT2D eigenvalue weighted by Crippen LogP contribution is 2.37. The molecule has 1 aromatic rings. The summed E-state index contributed by atoms with van der Waals surface area (Å²) in [6.07, 6.45) is 10.7. The Morgan fingerprint density at radius 1 is 1.47 bits per heavy atom. The molecule has 0 bridgehead atoms. The number of carbonyl (C=O) groups is 2. The predicted octanol–water partition coefficient (Wildman–Crippen LogP) is 0.853. The van der Waals surface area contributed by atoms with Crippen molar-refractivity contribution in [3.8, 4) is 23.8 Å². The molecule has 1 amide bonds. The monoisotopic (exact) mass is 410 g/mol. The van der Waals surface area contributed by atoms with Gasteiger partial charge < -0.3 is 30.2 Å². The van der Waals surface area contributed by atoms with Crippen LogP contribution in [0.1, 0.15) is 22.8 Å². The first-order valence-corrected chi connectivity index (χ1v) is 9.59. The molecule has 0 saturated carbocycles. The largest absolute Gasteiger partial charge is 0.535 e. The molecule has 4 N–H and O–H groups in total. The summed E-state index contributed by atoms with van der Waals surface area (Å²) >= 11 is 0. The molecule has 1 atom stereocenters. The van der Waals surface area contributed by atoms with Gasteiger partial charge in [0.1, 0.15) is 29.2 Å². The van der Waals surface area contributed by atoms with Crippen LogP contribution in [0.5, 0.6) is 11.5 Å². The number of allylic oxidation sites excluding steroid dienone is 2. The van der Waals surface area contributed by atoms with E-state index in [0.29, 0.717) is 23.9 Å². The molecule has 0 radical (unpaired) electrons. The third kappa shape index (κ3) is 4.35. The third-order valence-electron chi connectivity index (χ3n) is 5.02. The molecule has 2 aliphatic rings.